The lowest BCUT2D eigenvalue weighted by molar-refractivity contribution is -0.191. The topological polar surface area (TPSA) is 108 Å². The van der Waals surface area contributed by atoms with E-state index in [9.17, 15) is 18.0 Å². The minimum absolute atomic E-state index is 0.0355. The van der Waals surface area contributed by atoms with E-state index in [1.165, 1.54) is 0 Å². The molecule has 3 heterocycles. The highest BCUT2D eigenvalue weighted by atomic mass is 19.2. The van der Waals surface area contributed by atoms with Gasteiger partial charge in [-0.2, -0.15) is 14.7 Å². The third-order valence-corrected chi connectivity index (χ3v) is 7.07. The van der Waals surface area contributed by atoms with Crippen molar-refractivity contribution in [1.29, 1.82) is 0 Å². The van der Waals surface area contributed by atoms with Gasteiger partial charge < -0.3 is 14.5 Å². The highest BCUT2D eigenvalue weighted by Crippen LogP contribution is 2.40. The second-order valence-corrected chi connectivity index (χ2v) is 11.0. The zero-order valence-electron chi connectivity index (χ0n) is 24.6. The van der Waals surface area contributed by atoms with Gasteiger partial charge in [-0.3, -0.25) is 5.10 Å². The summed E-state index contributed by atoms with van der Waals surface area (Å²) in [6.45, 7) is 11.7. The number of benzene rings is 2. The Labute approximate surface area is 246 Å². The van der Waals surface area contributed by atoms with Crippen LogP contribution >= 0.6 is 0 Å². The Balaban J connectivity index is 0.00000135. The number of fused-ring (bicyclic) bond motifs is 1. The summed E-state index contributed by atoms with van der Waals surface area (Å²) in [5, 5.41) is 7.93. The molecule has 0 bridgehead atoms. The number of amides is 1. The lowest BCUT2D eigenvalue weighted by Gasteiger charge is -2.36. The van der Waals surface area contributed by atoms with Crippen molar-refractivity contribution in [3.8, 4) is 22.4 Å². The molecule has 2 aromatic heterocycles. The molecule has 1 N–H and O–H groups in total. The number of nitrogens with one attached hydrogen (secondary N) is 1. The first-order valence-corrected chi connectivity index (χ1v) is 13.7. The number of halogens is 3. The molecule has 0 spiro atoms. The number of piperazine rings is 1. The summed E-state index contributed by atoms with van der Waals surface area (Å²) in [5.41, 5.74) is 3.21. The average Bonchev–Trinajstić information content (AvgIpc) is 3.34. The summed E-state index contributed by atoms with van der Waals surface area (Å²) in [5.74, 6) is -3.31. The fourth-order valence-corrected chi connectivity index (χ4v) is 5.17. The van der Waals surface area contributed by atoms with Crippen LogP contribution in [0, 0.1) is 24.4 Å². The highest BCUT2D eigenvalue weighted by molar-refractivity contribution is 5.99. The number of pyridine rings is 1. The van der Waals surface area contributed by atoms with Gasteiger partial charge >= 0.3 is 12.2 Å². The predicted octanol–water partition coefficient (Wildman–Crippen LogP) is 6.05. The molecular formula is C31H32F3N5O4. The molecule has 4 aromatic rings. The lowest BCUT2D eigenvalue weighted by atomic mass is 9.91. The maximum absolute atomic E-state index is 14.9. The van der Waals surface area contributed by atoms with Gasteiger partial charge in [0.15, 0.2) is 17.3 Å². The Hall–Kier alpha value is -4.70. The first-order chi connectivity index (χ1) is 20.4. The molecule has 0 radical (unpaired) electrons. The number of carbonyl (C=O) groups is 1. The van der Waals surface area contributed by atoms with E-state index in [4.69, 9.17) is 14.3 Å². The Kier molecular flexibility index (Phi) is 9.20. The molecule has 43 heavy (non-hydrogen) atoms. The molecule has 0 unspecified atom stereocenters. The van der Waals surface area contributed by atoms with Gasteiger partial charge in [-0.1, -0.05) is 19.1 Å². The number of aryl methyl sites for hydroxylation is 1. The maximum Gasteiger partial charge on any atom is 0.410 e. The molecule has 1 amide bonds. The van der Waals surface area contributed by atoms with Gasteiger partial charge in [-0.25, -0.2) is 22.9 Å². The first-order valence-electron chi connectivity index (χ1n) is 13.7. The van der Waals surface area contributed by atoms with E-state index < -0.39 is 28.6 Å². The molecule has 9 nitrogen and oxygen atoms in total. The number of hydrogen-bond donors (Lipinski definition) is 1. The maximum atomic E-state index is 14.9. The molecule has 2 aromatic carbocycles. The third-order valence-electron chi connectivity index (χ3n) is 7.07. The van der Waals surface area contributed by atoms with Crippen molar-refractivity contribution in [2.45, 2.75) is 46.6 Å². The normalized spacial score (nSPS) is 13.4. The van der Waals surface area contributed by atoms with Crippen LogP contribution in [-0.4, -0.2) is 64.1 Å². The van der Waals surface area contributed by atoms with Gasteiger partial charge in [0, 0.05) is 42.9 Å². The monoisotopic (exact) mass is 595 g/mol. The van der Waals surface area contributed by atoms with E-state index in [1.54, 1.807) is 4.90 Å². The minimum Gasteiger partial charge on any atom is -0.444 e. The molecule has 1 aliphatic heterocycles. The average molecular weight is 596 g/mol. The van der Waals surface area contributed by atoms with Crippen molar-refractivity contribution in [2.24, 2.45) is 0 Å². The summed E-state index contributed by atoms with van der Waals surface area (Å²) in [7, 11) is 0. The molecule has 1 aliphatic rings. The predicted molar refractivity (Wildman–Crippen MR) is 154 cm³/mol. The van der Waals surface area contributed by atoms with Crippen molar-refractivity contribution in [3.05, 3.63) is 65.1 Å². The second-order valence-electron chi connectivity index (χ2n) is 11.0. The van der Waals surface area contributed by atoms with E-state index >= 15 is 0 Å². The molecule has 0 atom stereocenters. The highest BCUT2D eigenvalue weighted by Gasteiger charge is 2.27. The zero-order chi connectivity index (χ0) is 31.5. The fourth-order valence-electron chi connectivity index (χ4n) is 5.17. The van der Waals surface area contributed by atoms with Crippen molar-refractivity contribution >= 4 is 29.0 Å². The van der Waals surface area contributed by atoms with Gasteiger partial charge in [-0.15, -0.1) is 0 Å². The van der Waals surface area contributed by atoms with Gasteiger partial charge in [0.25, 0.3) is 0 Å². The SMILES string of the molecule is CCc1c(-c2c(F)ccc(F)c2F)nc2n[nH]c(C)c2c1-c1ccc(N2CCN(C(=O)OC(C)(C)C)CC2)cc1.O=C=O. The summed E-state index contributed by atoms with van der Waals surface area (Å²) in [6.07, 6.45) is 0.343. The Morgan fingerprint density at radius 2 is 1.58 bits per heavy atom. The molecule has 12 heteroatoms. The third kappa shape index (κ3) is 6.54. The van der Waals surface area contributed by atoms with Gasteiger partial charge in [0.05, 0.1) is 11.3 Å². The number of rotatable bonds is 4. The van der Waals surface area contributed by atoms with E-state index in [0.717, 1.165) is 40.0 Å². The second kappa shape index (κ2) is 12.7. The van der Waals surface area contributed by atoms with Crippen LogP contribution in [0.1, 0.15) is 39.0 Å². The van der Waals surface area contributed by atoms with E-state index in [2.05, 4.69) is 20.1 Å². The fraction of sp³-hybridized carbons (Fsp3) is 0.355. The van der Waals surface area contributed by atoms with E-state index in [-0.39, 0.29) is 17.9 Å². The number of H-pyrrole nitrogens is 1. The van der Waals surface area contributed by atoms with E-state index in [1.807, 2.05) is 58.9 Å². The zero-order valence-corrected chi connectivity index (χ0v) is 24.6. The van der Waals surface area contributed by atoms with Crippen LogP contribution in [0.25, 0.3) is 33.4 Å². The minimum atomic E-state index is -1.28. The van der Waals surface area contributed by atoms with Crippen LogP contribution in [0.5, 0.6) is 0 Å². The van der Waals surface area contributed by atoms with Gasteiger partial charge in [0.2, 0.25) is 0 Å². The first kappa shape index (κ1) is 31.2. The standard InChI is InChI=1S/C30H32F3N5O2.CO2/c1-6-20-24(23-17(2)35-36-28(23)34-27(20)25-21(31)11-12-22(32)26(25)33)18-7-9-19(10-8-18)37-13-15-38(16-14-37)29(39)40-30(3,4)5;2-1-3/h7-12H,6,13-16H2,1-5H3,(H,34,35,36);. The van der Waals surface area contributed by atoms with Gasteiger partial charge in [0.1, 0.15) is 11.4 Å². The Bertz CT molecular complexity index is 1670. The quantitative estimate of drug-likeness (QED) is 0.286. The molecule has 5 rings (SSSR count). The van der Waals surface area contributed by atoms with Crippen LogP contribution in [0.15, 0.2) is 36.4 Å². The van der Waals surface area contributed by atoms with Gasteiger partial charge in [-0.05, 0) is 75.1 Å². The van der Waals surface area contributed by atoms with Crippen LogP contribution in [0.2, 0.25) is 0 Å². The number of aromatic amines is 1. The summed E-state index contributed by atoms with van der Waals surface area (Å²) >= 11 is 0. The molecule has 1 saturated heterocycles. The number of carbonyl (C=O) groups excluding carboxylic acids is 3. The summed E-state index contributed by atoms with van der Waals surface area (Å²) in [4.78, 5) is 37.1. The molecule has 0 aliphatic carbocycles. The lowest BCUT2D eigenvalue weighted by Crippen LogP contribution is -2.50. The van der Waals surface area contributed by atoms with Crippen molar-refractivity contribution in [3.63, 3.8) is 0 Å². The summed E-state index contributed by atoms with van der Waals surface area (Å²) in [6, 6.07) is 9.57. The number of hydrogen-bond acceptors (Lipinski definition) is 7. The largest absolute Gasteiger partial charge is 0.444 e. The molecule has 0 saturated carbocycles. The van der Waals surface area contributed by atoms with Crippen molar-refractivity contribution < 1.29 is 32.3 Å². The Morgan fingerprint density at radius 3 is 2.16 bits per heavy atom. The number of nitrogens with zero attached hydrogens (tertiary/aromatic N) is 4. The molecule has 226 valence electrons. The summed E-state index contributed by atoms with van der Waals surface area (Å²) < 4.78 is 49.4. The number of aromatic nitrogens is 3. The van der Waals surface area contributed by atoms with Crippen molar-refractivity contribution in [2.75, 3.05) is 31.1 Å². The Morgan fingerprint density at radius 1 is 0.977 bits per heavy atom. The van der Waals surface area contributed by atoms with Crippen LogP contribution in [-0.2, 0) is 20.7 Å². The number of ether oxygens (including phenoxy) is 1. The van der Waals surface area contributed by atoms with Crippen molar-refractivity contribution in [1.82, 2.24) is 20.1 Å². The van der Waals surface area contributed by atoms with Crippen LogP contribution in [0.3, 0.4) is 0 Å². The van der Waals surface area contributed by atoms with Crippen LogP contribution in [0.4, 0.5) is 23.7 Å². The van der Waals surface area contributed by atoms with Crippen LogP contribution < -0.4 is 4.90 Å². The smallest absolute Gasteiger partial charge is 0.410 e. The number of anilines is 1. The molecule has 1 fully saturated rings. The molecular weight excluding hydrogens is 563 g/mol. The van der Waals surface area contributed by atoms with E-state index in [0.29, 0.717) is 43.8 Å².